The van der Waals surface area contributed by atoms with Crippen LogP contribution in [0.15, 0.2) is 12.2 Å². The number of ether oxygens (including phenoxy) is 2. The lowest BCUT2D eigenvalue weighted by atomic mass is 9.83. The zero-order valence-electron chi connectivity index (χ0n) is 16.8. The monoisotopic (exact) mass is 354 g/mol. The lowest BCUT2D eigenvalue weighted by Crippen LogP contribution is -2.47. The van der Waals surface area contributed by atoms with Crippen molar-refractivity contribution in [3.05, 3.63) is 12.2 Å². The number of carbonyl (C=O) groups excluding carboxylic acids is 1. The topological polar surface area (TPSA) is 44.8 Å². The molecule has 0 unspecified atom stereocenters. The van der Waals surface area contributed by atoms with Crippen LogP contribution in [0, 0.1) is 17.3 Å². The highest BCUT2D eigenvalue weighted by molar-refractivity contribution is 6.74. The first kappa shape index (κ1) is 22.9. The van der Waals surface area contributed by atoms with Crippen LogP contribution in [0.2, 0.25) is 18.1 Å². The smallest absolute Gasteiger partial charge is 0.330 e. The molecule has 0 saturated heterocycles. The largest absolute Gasteiger partial charge is 0.466 e. The molecule has 0 bridgehead atoms. The quantitative estimate of drug-likeness (QED) is 0.298. The van der Waals surface area contributed by atoms with Gasteiger partial charge in [-0.2, -0.15) is 0 Å². The zero-order chi connectivity index (χ0) is 19.0. The molecule has 0 aliphatic heterocycles. The van der Waals surface area contributed by atoms with Crippen LogP contribution in [-0.2, 0) is 18.7 Å². The Balaban J connectivity index is 5.36. The van der Waals surface area contributed by atoms with Crippen LogP contribution in [0.4, 0.5) is 0 Å². The molecular formula is C19H34O4Si. The van der Waals surface area contributed by atoms with Crippen molar-refractivity contribution in [1.82, 2.24) is 0 Å². The Bertz CT molecular complexity index is 490. The van der Waals surface area contributed by atoms with Crippen LogP contribution in [-0.4, -0.2) is 41.2 Å². The molecule has 0 aromatic carbocycles. The molecule has 24 heavy (non-hydrogen) atoms. The first-order chi connectivity index (χ1) is 10.9. The number of rotatable bonds is 7. The van der Waals surface area contributed by atoms with E-state index in [2.05, 4.69) is 64.3 Å². The second-order valence-corrected chi connectivity index (χ2v) is 12.9. The van der Waals surface area contributed by atoms with E-state index in [1.54, 1.807) is 7.11 Å². The average molecular weight is 355 g/mol. The van der Waals surface area contributed by atoms with Gasteiger partial charge in [-0.25, -0.2) is 4.79 Å². The van der Waals surface area contributed by atoms with Gasteiger partial charge in [0.1, 0.15) is 12.7 Å². The van der Waals surface area contributed by atoms with Crippen LogP contribution >= 0.6 is 0 Å². The van der Waals surface area contributed by atoms with Crippen molar-refractivity contribution in [2.75, 3.05) is 20.8 Å². The molecule has 0 N–H and O–H groups in total. The molecule has 0 saturated carbocycles. The summed E-state index contributed by atoms with van der Waals surface area (Å²) in [7, 11) is 1.04. The SMILES string of the molecule is COCC#C[C@H](O[Si](C)(C)C(C)(C)C)C(C)(C)C/C=C\C(=O)OC. The molecule has 1 atom stereocenters. The maximum absolute atomic E-state index is 11.3. The summed E-state index contributed by atoms with van der Waals surface area (Å²) in [5.74, 6) is 5.91. The Kier molecular flexibility index (Phi) is 8.98. The van der Waals surface area contributed by atoms with E-state index in [0.717, 1.165) is 0 Å². The fraction of sp³-hybridized carbons (Fsp3) is 0.737. The Morgan fingerprint density at radius 3 is 2.21 bits per heavy atom. The number of hydrogen-bond donors (Lipinski definition) is 0. The van der Waals surface area contributed by atoms with Crippen LogP contribution in [0.3, 0.4) is 0 Å². The van der Waals surface area contributed by atoms with Crippen molar-refractivity contribution in [2.45, 2.75) is 65.3 Å². The highest BCUT2D eigenvalue weighted by atomic mass is 28.4. The van der Waals surface area contributed by atoms with Gasteiger partial charge in [0.25, 0.3) is 0 Å². The molecule has 138 valence electrons. The molecule has 0 aromatic rings. The van der Waals surface area contributed by atoms with Crippen LogP contribution in [0.25, 0.3) is 0 Å². The van der Waals surface area contributed by atoms with Gasteiger partial charge >= 0.3 is 5.97 Å². The van der Waals surface area contributed by atoms with Crippen molar-refractivity contribution in [3.63, 3.8) is 0 Å². The summed E-state index contributed by atoms with van der Waals surface area (Å²) in [6.45, 7) is 15.7. The van der Waals surface area contributed by atoms with Gasteiger partial charge in [-0.1, -0.05) is 52.5 Å². The summed E-state index contributed by atoms with van der Waals surface area (Å²) in [5, 5.41) is 0.103. The van der Waals surface area contributed by atoms with Crippen molar-refractivity contribution in [1.29, 1.82) is 0 Å². The molecule has 0 heterocycles. The summed E-state index contributed by atoms with van der Waals surface area (Å²) in [6, 6.07) is 0. The minimum atomic E-state index is -1.96. The Labute approximate surface area is 149 Å². The molecule has 0 aromatic heterocycles. The molecule has 0 amide bonds. The fourth-order valence-corrected chi connectivity index (χ4v) is 3.02. The van der Waals surface area contributed by atoms with Gasteiger partial charge in [0, 0.05) is 18.6 Å². The Morgan fingerprint density at radius 1 is 1.17 bits per heavy atom. The number of hydrogen-bond acceptors (Lipinski definition) is 4. The number of carbonyl (C=O) groups is 1. The third-order valence-corrected chi connectivity index (χ3v) is 8.91. The van der Waals surface area contributed by atoms with E-state index in [1.807, 2.05) is 6.08 Å². The van der Waals surface area contributed by atoms with Crippen molar-refractivity contribution in [2.24, 2.45) is 5.41 Å². The third-order valence-electron chi connectivity index (χ3n) is 4.48. The van der Waals surface area contributed by atoms with Crippen LogP contribution in [0.5, 0.6) is 0 Å². The first-order valence-corrected chi connectivity index (χ1v) is 11.2. The average Bonchev–Trinajstić information content (AvgIpc) is 2.44. The molecule has 4 nitrogen and oxygen atoms in total. The molecule has 0 aliphatic rings. The van der Waals surface area contributed by atoms with Gasteiger partial charge < -0.3 is 13.9 Å². The first-order valence-electron chi connectivity index (χ1n) is 8.27. The summed E-state index contributed by atoms with van der Waals surface area (Å²) < 4.78 is 16.2. The second-order valence-electron chi connectivity index (χ2n) is 8.13. The normalized spacial score (nSPS) is 14.2. The van der Waals surface area contributed by atoms with E-state index in [1.165, 1.54) is 13.2 Å². The van der Waals surface area contributed by atoms with Crippen molar-refractivity contribution >= 4 is 14.3 Å². The van der Waals surface area contributed by atoms with Crippen molar-refractivity contribution < 1.29 is 18.7 Å². The Hall–Kier alpha value is -1.09. The van der Waals surface area contributed by atoms with Crippen LogP contribution in [0.1, 0.15) is 41.0 Å². The minimum absolute atomic E-state index is 0.103. The second kappa shape index (κ2) is 9.41. The summed E-state index contributed by atoms with van der Waals surface area (Å²) in [4.78, 5) is 11.3. The van der Waals surface area contributed by atoms with Crippen LogP contribution < -0.4 is 0 Å². The number of methoxy groups -OCH3 is 2. The lowest BCUT2D eigenvalue weighted by molar-refractivity contribution is -0.134. The van der Waals surface area contributed by atoms with Gasteiger partial charge in [-0.3, -0.25) is 0 Å². The summed E-state index contributed by atoms with van der Waals surface area (Å²) >= 11 is 0. The van der Waals surface area contributed by atoms with E-state index < -0.39 is 8.32 Å². The molecule has 0 rings (SSSR count). The summed E-state index contributed by atoms with van der Waals surface area (Å²) in [5.41, 5.74) is -0.235. The van der Waals surface area contributed by atoms with Gasteiger partial charge in [-0.05, 0) is 24.6 Å². The fourth-order valence-electron chi connectivity index (χ4n) is 1.70. The third kappa shape index (κ3) is 7.65. The Morgan fingerprint density at radius 2 is 1.75 bits per heavy atom. The number of allylic oxidation sites excluding steroid dienone is 1. The maximum Gasteiger partial charge on any atom is 0.330 e. The predicted octanol–water partition coefficient (Wildman–Crippen LogP) is 4.17. The lowest BCUT2D eigenvalue weighted by Gasteiger charge is -2.42. The highest BCUT2D eigenvalue weighted by Gasteiger charge is 2.42. The molecule has 0 radical (unpaired) electrons. The summed E-state index contributed by atoms with van der Waals surface area (Å²) in [6.07, 6.45) is 3.72. The molecule has 0 spiro atoms. The molecular weight excluding hydrogens is 320 g/mol. The standard InChI is InChI=1S/C19H34O4Si/c1-18(2,3)24(8,9)23-16(12-11-15-21-6)19(4,5)14-10-13-17(20)22-7/h10,13,16H,14-15H2,1-9H3/b13-10-/t16-/m0/s1. The van der Waals surface area contributed by atoms with Gasteiger partial charge in [-0.15, -0.1) is 0 Å². The number of esters is 1. The van der Waals surface area contributed by atoms with E-state index >= 15 is 0 Å². The molecule has 0 fully saturated rings. The van der Waals surface area contributed by atoms with Gasteiger partial charge in [0.05, 0.1) is 7.11 Å². The van der Waals surface area contributed by atoms with E-state index in [4.69, 9.17) is 9.16 Å². The molecule has 5 heteroatoms. The van der Waals surface area contributed by atoms with E-state index in [9.17, 15) is 4.79 Å². The van der Waals surface area contributed by atoms with E-state index in [0.29, 0.717) is 13.0 Å². The van der Waals surface area contributed by atoms with Crippen molar-refractivity contribution in [3.8, 4) is 11.8 Å². The molecule has 0 aliphatic carbocycles. The predicted molar refractivity (Wildman–Crippen MR) is 101 cm³/mol. The van der Waals surface area contributed by atoms with E-state index in [-0.39, 0.29) is 22.5 Å². The zero-order valence-corrected chi connectivity index (χ0v) is 17.8. The minimum Gasteiger partial charge on any atom is -0.466 e. The van der Waals surface area contributed by atoms with Gasteiger partial charge in [0.15, 0.2) is 8.32 Å². The van der Waals surface area contributed by atoms with Gasteiger partial charge in [0.2, 0.25) is 0 Å². The highest BCUT2D eigenvalue weighted by Crippen LogP contribution is 2.40. The maximum atomic E-state index is 11.3.